The van der Waals surface area contributed by atoms with Crippen molar-refractivity contribution in [2.24, 2.45) is 0 Å². The Morgan fingerprint density at radius 1 is 1.05 bits per heavy atom. The van der Waals surface area contributed by atoms with Crippen LogP contribution in [0.3, 0.4) is 0 Å². The standard InChI is InChI=1S/C29H26FN3O4/c1-37-26-5-3-2-4-23(26)31-29(36)32-16-24-28(25(18-34)33(24)27(35)17-32)21-12-8-19(9-13-21)6-7-20-10-14-22(30)15-11-20/h2-5,8-15,24-25,28,34H,16-18H2,1H3,(H,31,36)/t24-,25-,28-/m0/s1. The number of nitrogens with one attached hydrogen (secondary N) is 1. The highest BCUT2D eigenvalue weighted by Crippen LogP contribution is 2.43. The maximum atomic E-state index is 13.1. The number of aliphatic hydroxyl groups is 1. The van der Waals surface area contributed by atoms with Crippen LogP contribution in [0, 0.1) is 17.7 Å². The number of aliphatic hydroxyl groups excluding tert-OH is 1. The second-order valence-electron chi connectivity index (χ2n) is 9.03. The van der Waals surface area contributed by atoms with Crippen molar-refractivity contribution in [2.75, 3.05) is 32.1 Å². The van der Waals surface area contributed by atoms with Gasteiger partial charge in [0, 0.05) is 23.6 Å². The molecule has 0 aliphatic carbocycles. The quantitative estimate of drug-likeness (QED) is 0.539. The number of hydrogen-bond acceptors (Lipinski definition) is 4. The molecule has 2 aliphatic heterocycles. The average molecular weight is 500 g/mol. The Bertz CT molecular complexity index is 1360. The lowest BCUT2D eigenvalue weighted by Gasteiger charge is -2.58. The number of methoxy groups -OCH3 is 1. The molecule has 2 heterocycles. The number of rotatable bonds is 4. The SMILES string of the molecule is COc1ccccc1NC(=O)N1CC(=O)N2[C@@H](CO)[C@@H](c3ccc(C#Cc4ccc(F)cc4)cc3)[C@@H]2C1. The number of hydrogen-bond donors (Lipinski definition) is 2. The number of para-hydroxylation sites is 2. The van der Waals surface area contributed by atoms with Gasteiger partial charge in [0.1, 0.15) is 18.1 Å². The summed E-state index contributed by atoms with van der Waals surface area (Å²) in [5.74, 6) is 6.00. The second kappa shape index (κ2) is 10.3. The van der Waals surface area contributed by atoms with E-state index in [1.54, 1.807) is 35.2 Å². The molecule has 3 atom stereocenters. The smallest absolute Gasteiger partial charge is 0.322 e. The molecule has 2 saturated heterocycles. The predicted molar refractivity (Wildman–Crippen MR) is 137 cm³/mol. The highest BCUT2D eigenvalue weighted by atomic mass is 19.1. The fraction of sp³-hybridized carbons (Fsp3) is 0.241. The molecule has 2 N–H and O–H groups in total. The first-order chi connectivity index (χ1) is 18.0. The molecule has 3 aromatic carbocycles. The fourth-order valence-corrected chi connectivity index (χ4v) is 5.06. The van der Waals surface area contributed by atoms with Crippen LogP contribution >= 0.6 is 0 Å². The Morgan fingerprint density at radius 3 is 2.35 bits per heavy atom. The number of carbonyl (C=O) groups excluding carboxylic acids is 2. The molecule has 37 heavy (non-hydrogen) atoms. The lowest BCUT2D eigenvalue weighted by atomic mass is 9.73. The van der Waals surface area contributed by atoms with Crippen LogP contribution in [0.5, 0.6) is 5.75 Å². The first-order valence-electron chi connectivity index (χ1n) is 12.0. The molecule has 0 saturated carbocycles. The number of halogens is 1. The number of nitrogens with zero attached hydrogens (tertiary/aromatic N) is 2. The Labute approximate surface area is 214 Å². The molecule has 0 bridgehead atoms. The van der Waals surface area contributed by atoms with E-state index in [-0.39, 0.29) is 48.9 Å². The van der Waals surface area contributed by atoms with Crippen molar-refractivity contribution in [1.82, 2.24) is 9.80 Å². The van der Waals surface area contributed by atoms with Crippen molar-refractivity contribution in [2.45, 2.75) is 18.0 Å². The molecule has 0 aromatic heterocycles. The van der Waals surface area contributed by atoms with Crippen LogP contribution in [0.4, 0.5) is 14.9 Å². The molecule has 0 unspecified atom stereocenters. The van der Waals surface area contributed by atoms with Gasteiger partial charge in [-0.2, -0.15) is 0 Å². The van der Waals surface area contributed by atoms with E-state index in [1.807, 2.05) is 30.3 Å². The van der Waals surface area contributed by atoms with Gasteiger partial charge in [0.15, 0.2) is 0 Å². The molecule has 3 aromatic rings. The van der Waals surface area contributed by atoms with E-state index in [0.717, 1.165) is 11.1 Å². The topological polar surface area (TPSA) is 82.1 Å². The van der Waals surface area contributed by atoms with E-state index in [2.05, 4.69) is 17.2 Å². The normalized spacial score (nSPS) is 20.3. The van der Waals surface area contributed by atoms with Gasteiger partial charge in [0.05, 0.1) is 31.5 Å². The summed E-state index contributed by atoms with van der Waals surface area (Å²) in [5, 5.41) is 12.9. The number of ether oxygens (including phenoxy) is 1. The van der Waals surface area contributed by atoms with Crippen molar-refractivity contribution in [3.63, 3.8) is 0 Å². The van der Waals surface area contributed by atoms with Gasteiger partial charge in [0.25, 0.3) is 0 Å². The molecule has 2 fully saturated rings. The zero-order valence-electron chi connectivity index (χ0n) is 20.2. The minimum atomic E-state index is -0.380. The number of urea groups is 1. The lowest BCUT2D eigenvalue weighted by Crippen LogP contribution is -2.73. The number of fused-ring (bicyclic) bond motifs is 1. The van der Waals surface area contributed by atoms with Crippen molar-refractivity contribution in [3.8, 4) is 17.6 Å². The first-order valence-corrected chi connectivity index (χ1v) is 12.0. The Balaban J connectivity index is 1.31. The maximum absolute atomic E-state index is 13.1. The summed E-state index contributed by atoms with van der Waals surface area (Å²) in [7, 11) is 1.53. The van der Waals surface area contributed by atoms with E-state index >= 15 is 0 Å². The summed E-state index contributed by atoms with van der Waals surface area (Å²) in [6.07, 6.45) is 0. The van der Waals surface area contributed by atoms with Crippen LogP contribution in [0.2, 0.25) is 0 Å². The van der Waals surface area contributed by atoms with Crippen molar-refractivity contribution < 1.29 is 23.8 Å². The summed E-state index contributed by atoms with van der Waals surface area (Å²) >= 11 is 0. The Morgan fingerprint density at radius 2 is 1.70 bits per heavy atom. The number of piperazine rings is 1. The molecule has 7 nitrogen and oxygen atoms in total. The van der Waals surface area contributed by atoms with E-state index in [9.17, 15) is 19.1 Å². The number of benzene rings is 3. The zero-order chi connectivity index (χ0) is 25.9. The molecule has 3 amide bonds. The molecule has 8 heteroatoms. The van der Waals surface area contributed by atoms with Crippen LogP contribution in [-0.4, -0.2) is 65.7 Å². The maximum Gasteiger partial charge on any atom is 0.322 e. The highest BCUT2D eigenvalue weighted by molar-refractivity contribution is 5.94. The molecule has 188 valence electrons. The van der Waals surface area contributed by atoms with Crippen LogP contribution < -0.4 is 10.1 Å². The van der Waals surface area contributed by atoms with Gasteiger partial charge in [-0.05, 0) is 54.1 Å². The third-order valence-electron chi connectivity index (χ3n) is 6.88. The van der Waals surface area contributed by atoms with Gasteiger partial charge in [-0.15, -0.1) is 0 Å². The van der Waals surface area contributed by atoms with E-state index in [1.165, 1.54) is 24.1 Å². The third-order valence-corrected chi connectivity index (χ3v) is 6.88. The van der Waals surface area contributed by atoms with E-state index < -0.39 is 0 Å². The highest BCUT2D eigenvalue weighted by Gasteiger charge is 2.54. The average Bonchev–Trinajstić information content (AvgIpc) is 2.90. The Hall–Kier alpha value is -4.35. The summed E-state index contributed by atoms with van der Waals surface area (Å²) in [6.45, 7) is 0.130. The summed E-state index contributed by atoms with van der Waals surface area (Å²) < 4.78 is 18.4. The fourth-order valence-electron chi connectivity index (χ4n) is 5.06. The van der Waals surface area contributed by atoms with Crippen molar-refractivity contribution >= 4 is 17.6 Å². The zero-order valence-corrected chi connectivity index (χ0v) is 20.2. The summed E-state index contributed by atoms with van der Waals surface area (Å²) in [5.41, 5.74) is 3.00. The molecule has 2 aliphatic rings. The van der Waals surface area contributed by atoms with E-state index in [0.29, 0.717) is 23.5 Å². The van der Waals surface area contributed by atoms with Gasteiger partial charge in [0.2, 0.25) is 5.91 Å². The van der Waals surface area contributed by atoms with Gasteiger partial charge >= 0.3 is 6.03 Å². The van der Waals surface area contributed by atoms with Crippen molar-refractivity contribution in [3.05, 3.63) is 95.3 Å². The monoisotopic (exact) mass is 499 g/mol. The second-order valence-corrected chi connectivity index (χ2v) is 9.03. The molecular weight excluding hydrogens is 473 g/mol. The summed E-state index contributed by atoms with van der Waals surface area (Å²) in [4.78, 5) is 29.1. The first kappa shape index (κ1) is 24.3. The largest absolute Gasteiger partial charge is 0.495 e. The summed E-state index contributed by atoms with van der Waals surface area (Å²) in [6, 6.07) is 19.8. The van der Waals surface area contributed by atoms with Gasteiger partial charge in [-0.25, -0.2) is 9.18 Å². The number of amides is 3. The minimum absolute atomic E-state index is 0.0569. The van der Waals surface area contributed by atoms with Gasteiger partial charge in [-0.1, -0.05) is 36.1 Å². The predicted octanol–water partition coefficient (Wildman–Crippen LogP) is 3.44. The minimum Gasteiger partial charge on any atom is -0.495 e. The van der Waals surface area contributed by atoms with Gasteiger partial charge in [-0.3, -0.25) is 4.79 Å². The van der Waals surface area contributed by atoms with Gasteiger partial charge < -0.3 is 25.0 Å². The van der Waals surface area contributed by atoms with E-state index in [4.69, 9.17) is 4.74 Å². The van der Waals surface area contributed by atoms with Crippen LogP contribution in [0.1, 0.15) is 22.6 Å². The number of anilines is 1. The van der Waals surface area contributed by atoms with Crippen molar-refractivity contribution in [1.29, 1.82) is 0 Å². The third kappa shape index (κ3) is 4.86. The molecular formula is C29H26FN3O4. The van der Waals surface area contributed by atoms with Crippen LogP contribution in [-0.2, 0) is 4.79 Å². The Kier molecular flexibility index (Phi) is 6.80. The van der Waals surface area contributed by atoms with Crippen LogP contribution in [0.15, 0.2) is 72.8 Å². The number of carbonyl (C=O) groups is 2. The molecule has 0 radical (unpaired) electrons. The molecule has 0 spiro atoms. The molecule has 5 rings (SSSR count). The van der Waals surface area contributed by atoms with Crippen LogP contribution in [0.25, 0.3) is 0 Å². The lowest BCUT2D eigenvalue weighted by molar-refractivity contribution is -0.159.